The van der Waals surface area contributed by atoms with Gasteiger partial charge in [-0.1, -0.05) is 11.6 Å². The number of hydrogen-bond donors (Lipinski definition) is 0. The van der Waals surface area contributed by atoms with Gasteiger partial charge < -0.3 is 4.90 Å². The smallest absolute Gasteiger partial charge is 0.233 e. The minimum absolute atomic E-state index is 0.0625. The highest BCUT2D eigenvalue weighted by Crippen LogP contribution is 2.17. The van der Waals surface area contributed by atoms with Crippen LogP contribution in [0, 0.1) is 5.92 Å². The number of Topliss-reactive ketones (excluding diaryl/α,β-unsaturated/α-hetero) is 1. The Labute approximate surface area is 112 Å². The summed E-state index contributed by atoms with van der Waals surface area (Å²) in [7, 11) is 0. The summed E-state index contributed by atoms with van der Waals surface area (Å²) in [6.45, 7) is 3.23. The normalized spacial score (nSPS) is 16.7. The second-order valence-electron chi connectivity index (χ2n) is 4.63. The molecular weight excluding hydrogens is 250 g/mol. The lowest BCUT2D eigenvalue weighted by atomic mass is 9.98. The van der Waals surface area contributed by atoms with Crippen LogP contribution in [-0.4, -0.2) is 29.7 Å². The molecule has 1 aromatic rings. The van der Waals surface area contributed by atoms with Crippen molar-refractivity contribution in [1.29, 1.82) is 0 Å². The van der Waals surface area contributed by atoms with Crippen LogP contribution in [0.2, 0.25) is 5.02 Å². The molecule has 1 fully saturated rings. The first kappa shape index (κ1) is 13.1. The van der Waals surface area contributed by atoms with E-state index >= 15 is 0 Å². The van der Waals surface area contributed by atoms with Gasteiger partial charge in [0.2, 0.25) is 5.91 Å². The summed E-state index contributed by atoms with van der Waals surface area (Å²) in [4.78, 5) is 26.0. The van der Waals surface area contributed by atoms with Gasteiger partial charge in [-0.2, -0.15) is 0 Å². The maximum absolute atomic E-state index is 12.2. The molecule has 1 aliphatic heterocycles. The van der Waals surface area contributed by atoms with E-state index < -0.39 is 5.92 Å². The van der Waals surface area contributed by atoms with Crippen LogP contribution in [-0.2, 0) is 4.79 Å². The summed E-state index contributed by atoms with van der Waals surface area (Å²) in [6.07, 6.45) is 2.07. The van der Waals surface area contributed by atoms with E-state index in [1.54, 1.807) is 36.1 Å². The van der Waals surface area contributed by atoms with Crippen molar-refractivity contribution in [2.45, 2.75) is 19.8 Å². The lowest BCUT2D eigenvalue weighted by Gasteiger charge is -2.19. The van der Waals surface area contributed by atoms with E-state index in [-0.39, 0.29) is 11.7 Å². The van der Waals surface area contributed by atoms with Crippen LogP contribution in [0.25, 0.3) is 0 Å². The number of benzene rings is 1. The zero-order valence-electron chi connectivity index (χ0n) is 10.4. The monoisotopic (exact) mass is 265 g/mol. The molecule has 0 aliphatic carbocycles. The van der Waals surface area contributed by atoms with Gasteiger partial charge in [0.05, 0.1) is 5.92 Å². The lowest BCUT2D eigenvalue weighted by Crippen LogP contribution is -2.36. The molecule has 1 saturated heterocycles. The Bertz CT molecular complexity index is 449. The number of likely N-dealkylation sites (tertiary alicyclic amines) is 1. The zero-order chi connectivity index (χ0) is 13.1. The van der Waals surface area contributed by atoms with Gasteiger partial charge in [0.15, 0.2) is 5.78 Å². The fourth-order valence-corrected chi connectivity index (χ4v) is 2.31. The van der Waals surface area contributed by atoms with Gasteiger partial charge >= 0.3 is 0 Å². The average Bonchev–Trinajstić information content (AvgIpc) is 2.91. The van der Waals surface area contributed by atoms with Crippen LogP contribution in [0.5, 0.6) is 0 Å². The van der Waals surface area contributed by atoms with Gasteiger partial charge in [-0.05, 0) is 44.0 Å². The third-order valence-corrected chi connectivity index (χ3v) is 3.56. The Hall–Kier alpha value is -1.35. The van der Waals surface area contributed by atoms with E-state index in [1.165, 1.54) is 0 Å². The molecule has 0 saturated carbocycles. The quantitative estimate of drug-likeness (QED) is 0.623. The molecule has 3 nitrogen and oxygen atoms in total. The Kier molecular flexibility index (Phi) is 4.02. The summed E-state index contributed by atoms with van der Waals surface area (Å²) in [5.41, 5.74) is 0.541. The minimum Gasteiger partial charge on any atom is -0.342 e. The second-order valence-corrected chi connectivity index (χ2v) is 5.06. The molecule has 0 bridgehead atoms. The Morgan fingerprint density at radius 2 is 1.72 bits per heavy atom. The molecule has 96 valence electrons. The molecule has 2 rings (SSSR count). The first-order valence-corrected chi connectivity index (χ1v) is 6.56. The zero-order valence-corrected chi connectivity index (χ0v) is 11.1. The van der Waals surface area contributed by atoms with Crippen molar-refractivity contribution in [3.8, 4) is 0 Å². The van der Waals surface area contributed by atoms with Crippen LogP contribution in [0.3, 0.4) is 0 Å². The molecule has 1 aromatic carbocycles. The van der Waals surface area contributed by atoms with Gasteiger partial charge in [0, 0.05) is 23.7 Å². The molecule has 1 amide bonds. The lowest BCUT2D eigenvalue weighted by molar-refractivity contribution is -0.132. The summed E-state index contributed by atoms with van der Waals surface area (Å²) in [5, 5.41) is 0.588. The molecule has 1 atom stereocenters. The molecule has 0 aromatic heterocycles. The van der Waals surface area contributed by atoms with Crippen molar-refractivity contribution in [2.75, 3.05) is 13.1 Å². The van der Waals surface area contributed by atoms with E-state index in [0.717, 1.165) is 25.9 Å². The van der Waals surface area contributed by atoms with Crippen LogP contribution in [0.15, 0.2) is 24.3 Å². The summed E-state index contributed by atoms with van der Waals surface area (Å²) >= 11 is 5.78. The van der Waals surface area contributed by atoms with Crippen molar-refractivity contribution >= 4 is 23.3 Å². The van der Waals surface area contributed by atoms with Crippen LogP contribution >= 0.6 is 11.6 Å². The van der Waals surface area contributed by atoms with Crippen molar-refractivity contribution in [1.82, 2.24) is 4.90 Å². The van der Waals surface area contributed by atoms with E-state index in [9.17, 15) is 9.59 Å². The Morgan fingerprint density at radius 1 is 1.17 bits per heavy atom. The maximum atomic E-state index is 12.2. The maximum Gasteiger partial charge on any atom is 0.233 e. The number of nitrogens with zero attached hydrogens (tertiary/aromatic N) is 1. The molecule has 18 heavy (non-hydrogen) atoms. The van der Waals surface area contributed by atoms with Crippen molar-refractivity contribution in [2.24, 2.45) is 5.92 Å². The SMILES string of the molecule is CC(C(=O)c1ccc(Cl)cc1)C(=O)N1CCCC1. The molecule has 0 spiro atoms. The Balaban J connectivity index is 2.08. The van der Waals surface area contributed by atoms with E-state index in [2.05, 4.69) is 0 Å². The fraction of sp³-hybridized carbons (Fsp3) is 0.429. The van der Waals surface area contributed by atoms with Crippen LogP contribution < -0.4 is 0 Å². The minimum atomic E-state index is -0.607. The first-order valence-electron chi connectivity index (χ1n) is 6.18. The van der Waals surface area contributed by atoms with E-state index in [0.29, 0.717) is 10.6 Å². The first-order chi connectivity index (χ1) is 8.59. The third kappa shape index (κ3) is 2.72. The standard InChI is InChI=1S/C14H16ClNO2/c1-10(14(18)16-8-2-3-9-16)13(17)11-4-6-12(15)7-5-11/h4-7,10H,2-3,8-9H2,1H3. The fourth-order valence-electron chi connectivity index (χ4n) is 2.19. The highest BCUT2D eigenvalue weighted by molar-refractivity contribution is 6.30. The van der Waals surface area contributed by atoms with Crippen molar-refractivity contribution < 1.29 is 9.59 Å². The highest BCUT2D eigenvalue weighted by Gasteiger charge is 2.28. The molecular formula is C14H16ClNO2. The Morgan fingerprint density at radius 3 is 2.28 bits per heavy atom. The van der Waals surface area contributed by atoms with Gasteiger partial charge in [-0.15, -0.1) is 0 Å². The molecule has 4 heteroatoms. The van der Waals surface area contributed by atoms with Gasteiger partial charge in [0.25, 0.3) is 0 Å². The number of carbonyl (C=O) groups excluding carboxylic acids is 2. The highest BCUT2D eigenvalue weighted by atomic mass is 35.5. The average molecular weight is 266 g/mol. The molecule has 1 aliphatic rings. The summed E-state index contributed by atoms with van der Waals surface area (Å²) in [5.74, 6) is -0.805. The number of hydrogen-bond acceptors (Lipinski definition) is 2. The number of carbonyl (C=O) groups is 2. The van der Waals surface area contributed by atoms with Gasteiger partial charge in [-0.25, -0.2) is 0 Å². The molecule has 1 unspecified atom stereocenters. The number of amides is 1. The third-order valence-electron chi connectivity index (χ3n) is 3.31. The van der Waals surface area contributed by atoms with E-state index in [4.69, 9.17) is 11.6 Å². The summed E-state index contributed by atoms with van der Waals surface area (Å²) < 4.78 is 0. The number of rotatable bonds is 3. The van der Waals surface area contributed by atoms with Crippen molar-refractivity contribution in [3.63, 3.8) is 0 Å². The van der Waals surface area contributed by atoms with Crippen LogP contribution in [0.1, 0.15) is 30.1 Å². The predicted molar refractivity (Wildman–Crippen MR) is 70.8 cm³/mol. The second kappa shape index (κ2) is 5.53. The topological polar surface area (TPSA) is 37.4 Å². The van der Waals surface area contributed by atoms with E-state index in [1.807, 2.05) is 0 Å². The molecule has 1 heterocycles. The molecule has 0 radical (unpaired) electrons. The van der Waals surface area contributed by atoms with Crippen LogP contribution in [0.4, 0.5) is 0 Å². The van der Waals surface area contributed by atoms with Gasteiger partial charge in [-0.3, -0.25) is 9.59 Å². The summed E-state index contributed by atoms with van der Waals surface area (Å²) in [6, 6.07) is 6.67. The largest absolute Gasteiger partial charge is 0.342 e. The van der Waals surface area contributed by atoms with Crippen molar-refractivity contribution in [3.05, 3.63) is 34.9 Å². The van der Waals surface area contributed by atoms with Gasteiger partial charge in [0.1, 0.15) is 0 Å². The molecule has 0 N–H and O–H groups in total. The number of halogens is 1. The number of ketones is 1. The predicted octanol–water partition coefficient (Wildman–Crippen LogP) is 2.78.